The Kier molecular flexibility index (Phi) is 5.02. The summed E-state index contributed by atoms with van der Waals surface area (Å²) in [5.41, 5.74) is 2.43. The molecule has 0 fully saturated rings. The van der Waals surface area contributed by atoms with Gasteiger partial charge in [-0.2, -0.15) is 0 Å². The second-order valence-electron chi connectivity index (χ2n) is 5.26. The molecule has 17 heavy (non-hydrogen) atoms. The van der Waals surface area contributed by atoms with Crippen LogP contribution in [0.5, 0.6) is 5.75 Å². The fraction of sp³-hybridized carbons (Fsp3) is 0.571. The molecule has 0 spiro atoms. The molecule has 0 aliphatic heterocycles. The van der Waals surface area contributed by atoms with E-state index in [2.05, 4.69) is 55.8 Å². The van der Waals surface area contributed by atoms with Crippen LogP contribution in [-0.2, 0) is 4.74 Å². The number of methoxy groups -OCH3 is 1. The van der Waals surface area contributed by atoms with Crippen LogP contribution in [0.3, 0.4) is 0 Å². The van der Waals surface area contributed by atoms with Crippen LogP contribution in [0.15, 0.2) is 16.6 Å². The molecule has 0 heterocycles. The molecule has 0 bridgehead atoms. The SMILES string of the molecule is COCC(C)(C)COc1cc(C)c(Br)c(C)c1. The van der Waals surface area contributed by atoms with Crippen LogP contribution < -0.4 is 4.74 Å². The quantitative estimate of drug-likeness (QED) is 0.814. The number of rotatable bonds is 5. The van der Waals surface area contributed by atoms with Gasteiger partial charge < -0.3 is 9.47 Å². The van der Waals surface area contributed by atoms with Gasteiger partial charge in [-0.15, -0.1) is 0 Å². The molecule has 0 aromatic heterocycles. The van der Waals surface area contributed by atoms with Crippen LogP contribution in [0.2, 0.25) is 0 Å². The second-order valence-corrected chi connectivity index (χ2v) is 6.05. The molecule has 1 rings (SSSR count). The Morgan fingerprint density at radius 2 is 1.65 bits per heavy atom. The Balaban J connectivity index is 2.70. The van der Waals surface area contributed by atoms with Crippen LogP contribution in [0.1, 0.15) is 25.0 Å². The van der Waals surface area contributed by atoms with Crippen LogP contribution in [-0.4, -0.2) is 20.3 Å². The molecule has 0 saturated carbocycles. The molecule has 0 radical (unpaired) electrons. The summed E-state index contributed by atoms with van der Waals surface area (Å²) in [5.74, 6) is 0.923. The van der Waals surface area contributed by atoms with Crippen molar-refractivity contribution in [3.05, 3.63) is 27.7 Å². The summed E-state index contributed by atoms with van der Waals surface area (Å²) in [6.07, 6.45) is 0. The van der Waals surface area contributed by atoms with E-state index in [0.717, 1.165) is 10.2 Å². The lowest BCUT2D eigenvalue weighted by molar-refractivity contribution is 0.0644. The van der Waals surface area contributed by atoms with E-state index in [-0.39, 0.29) is 5.41 Å². The van der Waals surface area contributed by atoms with Crippen molar-refractivity contribution < 1.29 is 9.47 Å². The maximum atomic E-state index is 5.84. The van der Waals surface area contributed by atoms with E-state index in [1.54, 1.807) is 7.11 Å². The molecule has 3 heteroatoms. The van der Waals surface area contributed by atoms with Crippen molar-refractivity contribution in [3.8, 4) is 5.75 Å². The van der Waals surface area contributed by atoms with Gasteiger partial charge in [-0.25, -0.2) is 0 Å². The largest absolute Gasteiger partial charge is 0.493 e. The Hall–Kier alpha value is -0.540. The highest BCUT2D eigenvalue weighted by Gasteiger charge is 2.18. The molecule has 0 aliphatic carbocycles. The predicted molar refractivity (Wildman–Crippen MR) is 74.8 cm³/mol. The minimum Gasteiger partial charge on any atom is -0.493 e. The molecule has 0 unspecified atom stereocenters. The van der Waals surface area contributed by atoms with Gasteiger partial charge in [0, 0.05) is 17.0 Å². The summed E-state index contributed by atoms with van der Waals surface area (Å²) in [6, 6.07) is 4.11. The van der Waals surface area contributed by atoms with E-state index in [0.29, 0.717) is 13.2 Å². The summed E-state index contributed by atoms with van der Waals surface area (Å²) < 4.78 is 12.2. The minimum absolute atomic E-state index is 0.0314. The lowest BCUT2D eigenvalue weighted by Crippen LogP contribution is -2.26. The number of hydrogen-bond donors (Lipinski definition) is 0. The van der Waals surface area contributed by atoms with Crippen LogP contribution in [0.4, 0.5) is 0 Å². The van der Waals surface area contributed by atoms with Gasteiger partial charge in [-0.3, -0.25) is 0 Å². The van der Waals surface area contributed by atoms with E-state index in [4.69, 9.17) is 9.47 Å². The molecule has 2 nitrogen and oxygen atoms in total. The zero-order valence-electron chi connectivity index (χ0n) is 11.3. The van der Waals surface area contributed by atoms with Gasteiger partial charge in [0.25, 0.3) is 0 Å². The standard InChI is InChI=1S/C14H21BrO2/c1-10-6-12(7-11(2)13(10)15)17-9-14(3,4)8-16-5/h6-7H,8-9H2,1-5H3. The van der Waals surface area contributed by atoms with E-state index >= 15 is 0 Å². The minimum atomic E-state index is 0.0314. The third-order valence-corrected chi connectivity index (χ3v) is 3.83. The molecule has 96 valence electrons. The van der Waals surface area contributed by atoms with Crippen molar-refractivity contribution in [3.63, 3.8) is 0 Å². The summed E-state index contributed by atoms with van der Waals surface area (Å²) in [5, 5.41) is 0. The third kappa shape index (κ3) is 4.32. The second kappa shape index (κ2) is 5.87. The number of aryl methyl sites for hydroxylation is 2. The Morgan fingerprint density at radius 1 is 1.12 bits per heavy atom. The first-order valence-electron chi connectivity index (χ1n) is 5.74. The van der Waals surface area contributed by atoms with Gasteiger partial charge in [-0.05, 0) is 37.1 Å². The third-order valence-electron chi connectivity index (χ3n) is 2.57. The highest BCUT2D eigenvalue weighted by Crippen LogP contribution is 2.27. The van der Waals surface area contributed by atoms with E-state index in [1.807, 2.05) is 0 Å². The molecule has 0 amide bonds. The normalized spacial score (nSPS) is 11.6. The number of halogens is 1. The maximum Gasteiger partial charge on any atom is 0.119 e. The average molecular weight is 301 g/mol. The molecule has 0 aliphatic rings. The predicted octanol–water partition coefficient (Wildman–Crippen LogP) is 4.12. The highest BCUT2D eigenvalue weighted by molar-refractivity contribution is 9.10. The summed E-state index contributed by atoms with van der Waals surface area (Å²) >= 11 is 3.55. The van der Waals surface area contributed by atoms with Gasteiger partial charge >= 0.3 is 0 Å². The van der Waals surface area contributed by atoms with Crippen molar-refractivity contribution in [2.45, 2.75) is 27.7 Å². The summed E-state index contributed by atoms with van der Waals surface area (Å²) in [4.78, 5) is 0. The maximum absolute atomic E-state index is 5.84. The lowest BCUT2D eigenvalue weighted by Gasteiger charge is -2.24. The molecule has 0 atom stereocenters. The Labute approximate surface area is 112 Å². The van der Waals surface area contributed by atoms with E-state index in [9.17, 15) is 0 Å². The molecule has 0 N–H and O–H groups in total. The number of ether oxygens (including phenoxy) is 2. The van der Waals surface area contributed by atoms with Gasteiger partial charge in [0.1, 0.15) is 5.75 Å². The topological polar surface area (TPSA) is 18.5 Å². The molecular formula is C14H21BrO2. The van der Waals surface area contributed by atoms with Gasteiger partial charge in [0.15, 0.2) is 0 Å². The number of hydrogen-bond acceptors (Lipinski definition) is 2. The van der Waals surface area contributed by atoms with Crippen molar-refractivity contribution in [1.29, 1.82) is 0 Å². The van der Waals surface area contributed by atoms with Crippen molar-refractivity contribution in [2.24, 2.45) is 5.41 Å². The summed E-state index contributed by atoms with van der Waals surface area (Å²) in [6.45, 7) is 9.77. The molecular weight excluding hydrogens is 280 g/mol. The van der Waals surface area contributed by atoms with Crippen molar-refractivity contribution in [1.82, 2.24) is 0 Å². The Bertz CT molecular complexity index is 363. The molecule has 1 aromatic carbocycles. The Morgan fingerprint density at radius 3 is 2.12 bits per heavy atom. The fourth-order valence-corrected chi connectivity index (χ4v) is 1.93. The smallest absolute Gasteiger partial charge is 0.119 e. The zero-order chi connectivity index (χ0) is 13.1. The fourth-order valence-electron chi connectivity index (χ4n) is 1.70. The van der Waals surface area contributed by atoms with E-state index in [1.165, 1.54) is 11.1 Å². The van der Waals surface area contributed by atoms with Gasteiger partial charge in [0.2, 0.25) is 0 Å². The van der Waals surface area contributed by atoms with E-state index < -0.39 is 0 Å². The van der Waals surface area contributed by atoms with Gasteiger partial charge in [0.05, 0.1) is 13.2 Å². The van der Waals surface area contributed by atoms with Crippen LogP contribution in [0.25, 0.3) is 0 Å². The first-order chi connectivity index (χ1) is 7.85. The average Bonchev–Trinajstić information content (AvgIpc) is 2.23. The van der Waals surface area contributed by atoms with Crippen molar-refractivity contribution >= 4 is 15.9 Å². The molecule has 0 saturated heterocycles. The number of benzene rings is 1. The monoisotopic (exact) mass is 300 g/mol. The first-order valence-corrected chi connectivity index (χ1v) is 6.53. The lowest BCUT2D eigenvalue weighted by atomic mass is 9.96. The first kappa shape index (κ1) is 14.5. The zero-order valence-corrected chi connectivity index (χ0v) is 12.8. The summed E-state index contributed by atoms with van der Waals surface area (Å²) in [7, 11) is 1.72. The molecule has 1 aromatic rings. The van der Waals surface area contributed by atoms with Crippen molar-refractivity contribution in [2.75, 3.05) is 20.3 Å². The van der Waals surface area contributed by atoms with Gasteiger partial charge in [-0.1, -0.05) is 29.8 Å². The van der Waals surface area contributed by atoms with Crippen LogP contribution in [0, 0.1) is 19.3 Å². The van der Waals surface area contributed by atoms with Crippen LogP contribution >= 0.6 is 15.9 Å². The highest BCUT2D eigenvalue weighted by atomic mass is 79.9.